The van der Waals surface area contributed by atoms with Gasteiger partial charge in [0.1, 0.15) is 6.61 Å². The molecule has 0 saturated heterocycles. The summed E-state index contributed by atoms with van der Waals surface area (Å²) in [6.45, 7) is 0.109. The highest BCUT2D eigenvalue weighted by atomic mass is 16.3. The van der Waals surface area contributed by atoms with Crippen molar-refractivity contribution in [2.75, 3.05) is 6.54 Å². The van der Waals surface area contributed by atoms with Crippen LogP contribution in [0.15, 0.2) is 66.9 Å². The molecule has 1 amide bonds. The van der Waals surface area contributed by atoms with Gasteiger partial charge in [0.25, 0.3) is 5.91 Å². The third kappa shape index (κ3) is 2.95. The largest absolute Gasteiger partial charge is 0.361 e. The molecule has 0 bridgehead atoms. The number of fused-ring (bicyclic) bond motifs is 2. The molecule has 4 rings (SSSR count). The molecular weight excluding hydrogens is 324 g/mol. The van der Waals surface area contributed by atoms with E-state index in [9.17, 15) is 9.90 Å². The van der Waals surface area contributed by atoms with Crippen LogP contribution in [0.3, 0.4) is 0 Å². The van der Waals surface area contributed by atoms with Crippen molar-refractivity contribution in [1.29, 1.82) is 0 Å². The maximum Gasteiger partial charge on any atom is 0.252 e. The van der Waals surface area contributed by atoms with Gasteiger partial charge in [-0.05, 0) is 34.4 Å². The summed E-state index contributed by atoms with van der Waals surface area (Å²) in [5, 5.41) is 17.5. The lowest BCUT2D eigenvalue weighted by atomic mass is 9.98. The first-order valence-corrected chi connectivity index (χ1v) is 8.70. The van der Waals surface area contributed by atoms with E-state index in [1.165, 1.54) is 10.9 Å². The van der Waals surface area contributed by atoms with E-state index in [4.69, 9.17) is 0 Å². The Morgan fingerprint density at radius 2 is 1.65 bits per heavy atom. The maximum atomic E-state index is 12.8. The third-order valence-corrected chi connectivity index (χ3v) is 4.75. The number of nitrogens with one attached hydrogen (secondary N) is 2. The number of aromatic nitrogens is 1. The molecule has 0 fully saturated rings. The number of benzene rings is 3. The van der Waals surface area contributed by atoms with Crippen molar-refractivity contribution in [1.82, 2.24) is 10.3 Å². The molecule has 3 aromatic carbocycles. The van der Waals surface area contributed by atoms with Gasteiger partial charge in [-0.25, -0.2) is 5.11 Å². The molecule has 1 heterocycles. The van der Waals surface area contributed by atoms with E-state index >= 15 is 0 Å². The molecule has 0 aliphatic carbocycles. The van der Waals surface area contributed by atoms with E-state index in [1.54, 1.807) is 6.07 Å². The molecule has 0 saturated carbocycles. The van der Waals surface area contributed by atoms with E-state index in [0.717, 1.165) is 22.7 Å². The molecule has 0 aliphatic heterocycles. The number of rotatable bonds is 5. The van der Waals surface area contributed by atoms with Gasteiger partial charge >= 0.3 is 0 Å². The van der Waals surface area contributed by atoms with Crippen molar-refractivity contribution in [3.63, 3.8) is 0 Å². The second-order valence-corrected chi connectivity index (χ2v) is 6.33. The minimum absolute atomic E-state index is 0.188. The zero-order chi connectivity index (χ0) is 17.9. The minimum atomic E-state index is -0.407. The van der Waals surface area contributed by atoms with Crippen LogP contribution in [0.4, 0.5) is 0 Å². The SMILES string of the molecule is [O]Cc1ccc2ccccc2c1C(=O)NCCc1c[nH]c2ccccc12. The van der Waals surface area contributed by atoms with Gasteiger partial charge in [0.05, 0.1) is 5.56 Å². The lowest BCUT2D eigenvalue weighted by Gasteiger charge is -2.11. The van der Waals surface area contributed by atoms with Crippen molar-refractivity contribution >= 4 is 27.6 Å². The monoisotopic (exact) mass is 343 g/mol. The van der Waals surface area contributed by atoms with Gasteiger partial charge in [0.2, 0.25) is 0 Å². The highest BCUT2D eigenvalue weighted by Crippen LogP contribution is 2.23. The first kappa shape index (κ1) is 16.4. The van der Waals surface area contributed by atoms with E-state index in [0.29, 0.717) is 17.7 Å². The van der Waals surface area contributed by atoms with Gasteiger partial charge in [0, 0.05) is 23.6 Å². The second kappa shape index (κ2) is 7.02. The molecule has 129 valence electrons. The fraction of sp³-hybridized carbons (Fsp3) is 0.136. The fourth-order valence-electron chi connectivity index (χ4n) is 3.44. The first-order valence-electron chi connectivity index (χ1n) is 8.70. The average molecular weight is 343 g/mol. The number of hydrogen-bond donors (Lipinski definition) is 2. The van der Waals surface area contributed by atoms with Gasteiger partial charge in [-0.3, -0.25) is 4.79 Å². The Kier molecular flexibility index (Phi) is 4.42. The molecule has 0 aliphatic rings. The van der Waals surface area contributed by atoms with Gasteiger partial charge in [-0.1, -0.05) is 54.6 Å². The molecule has 0 spiro atoms. The predicted octanol–water partition coefficient (Wildman–Crippen LogP) is 4.22. The number of hydrogen-bond acceptors (Lipinski definition) is 1. The van der Waals surface area contributed by atoms with Crippen LogP contribution in [-0.4, -0.2) is 17.4 Å². The smallest absolute Gasteiger partial charge is 0.252 e. The number of para-hydroxylation sites is 1. The summed E-state index contributed by atoms with van der Waals surface area (Å²) in [5.41, 5.74) is 3.30. The lowest BCUT2D eigenvalue weighted by molar-refractivity contribution is 0.0949. The topological polar surface area (TPSA) is 64.8 Å². The second-order valence-electron chi connectivity index (χ2n) is 6.33. The number of amides is 1. The maximum absolute atomic E-state index is 12.8. The third-order valence-electron chi connectivity index (χ3n) is 4.75. The van der Waals surface area contributed by atoms with E-state index in [2.05, 4.69) is 16.4 Å². The Labute approximate surface area is 151 Å². The number of carbonyl (C=O) groups excluding carboxylic acids is 1. The summed E-state index contributed by atoms with van der Waals surface area (Å²) < 4.78 is 0. The van der Waals surface area contributed by atoms with E-state index in [1.807, 2.05) is 54.7 Å². The Balaban J connectivity index is 1.54. The van der Waals surface area contributed by atoms with Gasteiger partial charge in [0.15, 0.2) is 0 Å². The molecule has 2 N–H and O–H groups in total. The van der Waals surface area contributed by atoms with Gasteiger partial charge in [-0.15, -0.1) is 0 Å². The zero-order valence-corrected chi connectivity index (χ0v) is 14.3. The highest BCUT2D eigenvalue weighted by Gasteiger charge is 2.15. The van der Waals surface area contributed by atoms with Crippen LogP contribution in [0.1, 0.15) is 21.5 Å². The van der Waals surface area contributed by atoms with Gasteiger partial charge < -0.3 is 10.3 Å². The number of carbonyl (C=O) groups is 1. The Morgan fingerprint density at radius 3 is 2.50 bits per heavy atom. The molecule has 4 aromatic rings. The van der Waals surface area contributed by atoms with Crippen molar-refractivity contribution in [3.8, 4) is 0 Å². The van der Waals surface area contributed by atoms with Crippen molar-refractivity contribution in [2.45, 2.75) is 13.0 Å². The van der Waals surface area contributed by atoms with Crippen molar-refractivity contribution in [2.24, 2.45) is 0 Å². The Bertz CT molecular complexity index is 1080. The minimum Gasteiger partial charge on any atom is -0.361 e. The average Bonchev–Trinajstić information content (AvgIpc) is 3.10. The van der Waals surface area contributed by atoms with Crippen LogP contribution < -0.4 is 5.32 Å². The van der Waals surface area contributed by atoms with Crippen LogP contribution in [0, 0.1) is 0 Å². The summed E-state index contributed by atoms with van der Waals surface area (Å²) >= 11 is 0. The molecule has 4 nitrogen and oxygen atoms in total. The van der Waals surface area contributed by atoms with Crippen LogP contribution in [0.25, 0.3) is 21.7 Å². The highest BCUT2D eigenvalue weighted by molar-refractivity contribution is 6.08. The summed E-state index contributed by atoms with van der Waals surface area (Å²) in [6, 6.07) is 19.4. The fourth-order valence-corrected chi connectivity index (χ4v) is 3.44. The van der Waals surface area contributed by atoms with E-state index in [-0.39, 0.29) is 5.91 Å². The molecule has 0 unspecified atom stereocenters. The summed E-state index contributed by atoms with van der Waals surface area (Å²) in [5.74, 6) is -0.188. The molecule has 1 aromatic heterocycles. The lowest BCUT2D eigenvalue weighted by Crippen LogP contribution is -2.27. The van der Waals surface area contributed by atoms with Crippen LogP contribution >= 0.6 is 0 Å². The zero-order valence-electron chi connectivity index (χ0n) is 14.3. The van der Waals surface area contributed by atoms with Gasteiger partial charge in [-0.2, -0.15) is 0 Å². The van der Waals surface area contributed by atoms with Crippen molar-refractivity contribution in [3.05, 3.63) is 83.6 Å². The predicted molar refractivity (Wildman–Crippen MR) is 103 cm³/mol. The molecule has 1 radical (unpaired) electrons. The molecule has 4 heteroatoms. The van der Waals surface area contributed by atoms with E-state index < -0.39 is 6.61 Å². The summed E-state index contributed by atoms with van der Waals surface area (Å²) in [4.78, 5) is 16.0. The molecule has 26 heavy (non-hydrogen) atoms. The quantitative estimate of drug-likeness (QED) is 0.560. The van der Waals surface area contributed by atoms with Crippen molar-refractivity contribution < 1.29 is 9.90 Å². The number of H-pyrrole nitrogens is 1. The molecular formula is C22H19N2O2. The molecule has 0 atom stereocenters. The Morgan fingerprint density at radius 1 is 0.885 bits per heavy atom. The first-order chi connectivity index (χ1) is 12.8. The standard InChI is InChI=1S/C22H19N2O2/c25-14-17-10-9-15-5-1-2-7-19(15)21(17)22(26)23-12-11-16-13-24-20-8-4-3-6-18(16)20/h1-10,13,24H,11-12,14H2,(H,23,26). The normalized spacial score (nSPS) is 11.1. The summed E-state index contributed by atoms with van der Waals surface area (Å²) in [6.07, 6.45) is 2.71. The Hall–Kier alpha value is -3.11. The summed E-state index contributed by atoms with van der Waals surface area (Å²) in [7, 11) is 0. The van der Waals surface area contributed by atoms with Crippen LogP contribution in [-0.2, 0) is 18.1 Å². The number of aromatic amines is 1. The van der Waals surface area contributed by atoms with Crippen LogP contribution in [0.2, 0.25) is 0 Å². The van der Waals surface area contributed by atoms with Crippen LogP contribution in [0.5, 0.6) is 0 Å².